The van der Waals surface area contributed by atoms with Crippen molar-refractivity contribution in [3.05, 3.63) is 64.7 Å². The predicted octanol–water partition coefficient (Wildman–Crippen LogP) is 4.21. The average molecular weight is 452 g/mol. The number of aryl methyl sites for hydroxylation is 1. The molecular formula is C23H23F3O6. The number of carbonyl (C=O) groups excluding carboxylic acids is 2. The van der Waals surface area contributed by atoms with Gasteiger partial charge in [0.1, 0.15) is 23.5 Å². The SMILES string of the molecule is CO[C@@](C(=O)O[C@H](C)C[C@H]1Cc2ccc(C)c(O)c2C(=O)O1)(c1ccccc1)C(F)(F)F. The Balaban J connectivity index is 1.77. The number of benzene rings is 2. The van der Waals surface area contributed by atoms with E-state index in [0.717, 1.165) is 19.2 Å². The van der Waals surface area contributed by atoms with Crippen LogP contribution in [0.4, 0.5) is 13.2 Å². The first-order valence-electron chi connectivity index (χ1n) is 9.92. The zero-order valence-electron chi connectivity index (χ0n) is 17.7. The molecule has 1 N–H and O–H groups in total. The van der Waals surface area contributed by atoms with Gasteiger partial charge in [-0.15, -0.1) is 0 Å². The lowest BCUT2D eigenvalue weighted by Crippen LogP contribution is -2.52. The van der Waals surface area contributed by atoms with Gasteiger partial charge in [-0.25, -0.2) is 9.59 Å². The van der Waals surface area contributed by atoms with Crippen LogP contribution in [0.3, 0.4) is 0 Å². The van der Waals surface area contributed by atoms with Crippen molar-refractivity contribution in [1.29, 1.82) is 0 Å². The van der Waals surface area contributed by atoms with Gasteiger partial charge >= 0.3 is 18.1 Å². The van der Waals surface area contributed by atoms with Crippen molar-refractivity contribution in [3.63, 3.8) is 0 Å². The molecule has 172 valence electrons. The number of ether oxygens (including phenoxy) is 3. The van der Waals surface area contributed by atoms with Gasteiger partial charge in [0.15, 0.2) is 0 Å². The summed E-state index contributed by atoms with van der Waals surface area (Å²) >= 11 is 0. The van der Waals surface area contributed by atoms with Gasteiger partial charge in [0, 0.05) is 25.5 Å². The zero-order valence-corrected chi connectivity index (χ0v) is 17.7. The van der Waals surface area contributed by atoms with Gasteiger partial charge in [-0.05, 0) is 25.0 Å². The number of hydrogen-bond donors (Lipinski definition) is 1. The van der Waals surface area contributed by atoms with Crippen molar-refractivity contribution in [2.45, 2.75) is 50.7 Å². The molecule has 0 fully saturated rings. The minimum Gasteiger partial charge on any atom is -0.507 e. The fraction of sp³-hybridized carbons (Fsp3) is 0.391. The lowest BCUT2D eigenvalue weighted by molar-refractivity contribution is -0.278. The maximum atomic E-state index is 14.0. The van der Waals surface area contributed by atoms with Crippen LogP contribution in [0, 0.1) is 6.92 Å². The summed E-state index contributed by atoms with van der Waals surface area (Å²) in [6, 6.07) is 9.85. The van der Waals surface area contributed by atoms with Crippen LogP contribution in [0.25, 0.3) is 0 Å². The van der Waals surface area contributed by atoms with E-state index in [2.05, 4.69) is 0 Å². The monoisotopic (exact) mass is 452 g/mol. The summed E-state index contributed by atoms with van der Waals surface area (Å²) in [7, 11) is 0.792. The highest BCUT2D eigenvalue weighted by Gasteiger charge is 2.64. The Morgan fingerprint density at radius 1 is 1.22 bits per heavy atom. The second-order valence-corrected chi connectivity index (χ2v) is 7.70. The number of esters is 2. The minimum absolute atomic E-state index is 0.0298. The van der Waals surface area contributed by atoms with Gasteiger partial charge in [-0.1, -0.05) is 42.5 Å². The molecule has 9 heteroatoms. The van der Waals surface area contributed by atoms with E-state index in [1.54, 1.807) is 19.1 Å². The Morgan fingerprint density at radius 3 is 2.47 bits per heavy atom. The van der Waals surface area contributed by atoms with Gasteiger partial charge in [-0.3, -0.25) is 0 Å². The molecule has 6 nitrogen and oxygen atoms in total. The second-order valence-electron chi connectivity index (χ2n) is 7.70. The van der Waals surface area contributed by atoms with Crippen molar-refractivity contribution >= 4 is 11.9 Å². The molecule has 0 unspecified atom stereocenters. The Hall–Kier alpha value is -3.07. The number of carbonyl (C=O) groups is 2. The van der Waals surface area contributed by atoms with E-state index in [1.807, 2.05) is 0 Å². The molecule has 2 aromatic rings. The van der Waals surface area contributed by atoms with Gasteiger partial charge < -0.3 is 19.3 Å². The topological polar surface area (TPSA) is 82.1 Å². The normalized spacial score (nSPS) is 18.8. The van der Waals surface area contributed by atoms with Crippen LogP contribution in [0.1, 0.15) is 40.4 Å². The Labute approximate surface area is 182 Å². The summed E-state index contributed by atoms with van der Waals surface area (Å²) in [5.41, 5.74) is -2.55. The number of phenolic OH excluding ortho intramolecular Hbond substituents is 1. The number of aromatic hydroxyl groups is 1. The van der Waals surface area contributed by atoms with E-state index in [-0.39, 0.29) is 24.2 Å². The van der Waals surface area contributed by atoms with Crippen molar-refractivity contribution in [3.8, 4) is 5.75 Å². The first kappa shape index (κ1) is 23.6. The average Bonchev–Trinajstić information content (AvgIpc) is 2.71. The van der Waals surface area contributed by atoms with Gasteiger partial charge in [0.05, 0.1) is 0 Å². The van der Waals surface area contributed by atoms with Crippen molar-refractivity contribution in [2.24, 2.45) is 0 Å². The molecule has 0 bridgehead atoms. The third-order valence-electron chi connectivity index (χ3n) is 5.47. The Morgan fingerprint density at radius 2 is 1.88 bits per heavy atom. The first-order valence-corrected chi connectivity index (χ1v) is 9.92. The number of rotatable bonds is 6. The summed E-state index contributed by atoms with van der Waals surface area (Å²) in [6.07, 6.45) is -6.63. The molecular weight excluding hydrogens is 429 g/mol. The molecule has 1 heterocycles. The molecule has 1 aliphatic heterocycles. The van der Waals surface area contributed by atoms with Crippen molar-refractivity contribution < 1.29 is 42.1 Å². The van der Waals surface area contributed by atoms with E-state index in [1.165, 1.54) is 25.1 Å². The van der Waals surface area contributed by atoms with Crippen molar-refractivity contribution in [1.82, 2.24) is 0 Å². The number of phenols is 1. The highest BCUT2D eigenvalue weighted by Crippen LogP contribution is 2.43. The Kier molecular flexibility index (Phi) is 6.50. The summed E-state index contributed by atoms with van der Waals surface area (Å²) in [5.74, 6) is -2.51. The number of methoxy groups -OCH3 is 1. The lowest BCUT2D eigenvalue weighted by Gasteiger charge is -2.34. The van der Waals surface area contributed by atoms with Gasteiger partial charge in [0.25, 0.3) is 5.60 Å². The van der Waals surface area contributed by atoms with Crippen LogP contribution in [0.2, 0.25) is 0 Å². The molecule has 0 spiro atoms. The van der Waals surface area contributed by atoms with E-state index in [0.29, 0.717) is 11.1 Å². The van der Waals surface area contributed by atoms with Crippen LogP contribution < -0.4 is 0 Å². The zero-order chi connectivity index (χ0) is 23.7. The number of alkyl halides is 3. The molecule has 0 aromatic heterocycles. The van der Waals surface area contributed by atoms with Crippen LogP contribution in [0.15, 0.2) is 42.5 Å². The van der Waals surface area contributed by atoms with E-state index >= 15 is 0 Å². The predicted molar refractivity (Wildman–Crippen MR) is 107 cm³/mol. The van der Waals surface area contributed by atoms with E-state index < -0.39 is 41.5 Å². The number of hydrogen-bond acceptors (Lipinski definition) is 6. The first-order chi connectivity index (χ1) is 15.0. The summed E-state index contributed by atoms with van der Waals surface area (Å²) in [4.78, 5) is 25.1. The lowest BCUT2D eigenvalue weighted by atomic mass is 9.92. The third-order valence-corrected chi connectivity index (χ3v) is 5.47. The largest absolute Gasteiger partial charge is 0.507 e. The van der Waals surface area contributed by atoms with Gasteiger partial charge in [0.2, 0.25) is 0 Å². The highest BCUT2D eigenvalue weighted by atomic mass is 19.4. The number of fused-ring (bicyclic) bond motifs is 1. The quantitative estimate of drug-likeness (QED) is 0.662. The molecule has 32 heavy (non-hydrogen) atoms. The molecule has 1 aliphatic rings. The van der Waals surface area contributed by atoms with Crippen LogP contribution in [0.5, 0.6) is 5.75 Å². The molecule has 0 saturated carbocycles. The maximum Gasteiger partial charge on any atom is 0.432 e. The summed E-state index contributed by atoms with van der Waals surface area (Å²) in [5, 5.41) is 10.1. The highest BCUT2D eigenvalue weighted by molar-refractivity contribution is 5.95. The second kappa shape index (κ2) is 8.82. The maximum absolute atomic E-state index is 14.0. The van der Waals surface area contributed by atoms with E-state index in [4.69, 9.17) is 14.2 Å². The minimum atomic E-state index is -5.08. The molecule has 0 amide bonds. The molecule has 0 aliphatic carbocycles. The fourth-order valence-corrected chi connectivity index (χ4v) is 3.83. The van der Waals surface area contributed by atoms with Crippen LogP contribution in [-0.4, -0.2) is 42.5 Å². The molecule has 3 rings (SSSR count). The smallest absolute Gasteiger partial charge is 0.432 e. The molecule has 0 saturated heterocycles. The number of halogens is 3. The van der Waals surface area contributed by atoms with Gasteiger partial charge in [-0.2, -0.15) is 13.2 Å². The third kappa shape index (κ3) is 4.17. The molecule has 2 aromatic carbocycles. The Bertz CT molecular complexity index is 1000. The number of cyclic esters (lactones) is 1. The summed E-state index contributed by atoms with van der Waals surface area (Å²) in [6.45, 7) is 3.06. The molecule has 3 atom stereocenters. The van der Waals surface area contributed by atoms with Crippen molar-refractivity contribution in [2.75, 3.05) is 7.11 Å². The summed E-state index contributed by atoms with van der Waals surface area (Å²) < 4.78 is 57.1. The van der Waals surface area contributed by atoms with E-state index in [9.17, 15) is 27.9 Å². The fourth-order valence-electron chi connectivity index (χ4n) is 3.83. The standard InChI is InChI=1S/C23H23F3O6/c1-13-9-10-15-12-17(32-20(28)18(15)19(13)27)11-14(2)31-21(29)22(30-3,23(24,25)26)16-7-5-4-6-8-16/h4-10,14,17,27H,11-12H2,1-3H3/t14-,17+,22-/m1/s1. The molecule has 0 radical (unpaired) electrons. The van der Waals surface area contributed by atoms with Crippen LogP contribution >= 0.6 is 0 Å². The van der Waals surface area contributed by atoms with Crippen LogP contribution in [-0.2, 0) is 31.0 Å².